The fourth-order valence-corrected chi connectivity index (χ4v) is 2.72. The number of halogens is 6. The van der Waals surface area contributed by atoms with Crippen LogP contribution in [0.3, 0.4) is 0 Å². The quantitative estimate of drug-likeness (QED) is 0.248. The van der Waals surface area contributed by atoms with Gasteiger partial charge in [-0.25, -0.2) is 0 Å². The molecule has 0 aromatic heterocycles. The minimum absolute atomic E-state index is 0.0174. The molecule has 0 aliphatic heterocycles. The molecule has 0 fully saturated rings. The van der Waals surface area contributed by atoms with Gasteiger partial charge in [0.05, 0.1) is 17.3 Å². The molecule has 1 amide bonds. The summed E-state index contributed by atoms with van der Waals surface area (Å²) in [5.41, 5.74) is -2.65. The van der Waals surface area contributed by atoms with Crippen molar-refractivity contribution in [1.82, 2.24) is 10.6 Å². The van der Waals surface area contributed by atoms with Gasteiger partial charge in [-0.3, -0.25) is 4.79 Å². The van der Waals surface area contributed by atoms with E-state index < -0.39 is 41.2 Å². The lowest BCUT2D eigenvalue weighted by Gasteiger charge is -2.19. The van der Waals surface area contributed by atoms with Gasteiger partial charge in [0.1, 0.15) is 0 Å². The van der Waals surface area contributed by atoms with E-state index in [9.17, 15) is 31.1 Å². The Labute approximate surface area is 179 Å². The fourth-order valence-electron chi connectivity index (χ4n) is 2.42. The van der Waals surface area contributed by atoms with E-state index in [4.69, 9.17) is 12.2 Å². The molecule has 0 aliphatic carbocycles. The Hall–Kier alpha value is -3.08. The molecule has 0 heterocycles. The van der Waals surface area contributed by atoms with Crippen molar-refractivity contribution in [3.05, 3.63) is 71.3 Å². The van der Waals surface area contributed by atoms with Crippen LogP contribution in [-0.2, 0) is 17.1 Å². The second kappa shape index (κ2) is 9.82. The third kappa shape index (κ3) is 7.93. The van der Waals surface area contributed by atoms with Gasteiger partial charge in [-0.1, -0.05) is 30.3 Å². The fraction of sp³-hybridized carbons (Fsp3) is 0.200. The highest BCUT2D eigenvalue weighted by Crippen LogP contribution is 2.37. The lowest BCUT2D eigenvalue weighted by molar-refractivity contribution is -0.143. The van der Waals surface area contributed by atoms with Crippen LogP contribution in [0.4, 0.5) is 32.0 Å². The van der Waals surface area contributed by atoms with Gasteiger partial charge in [-0.05, 0) is 49.0 Å². The molecule has 0 bridgehead atoms. The summed E-state index contributed by atoms with van der Waals surface area (Å²) >= 11 is 4.93. The number of benzene rings is 2. The van der Waals surface area contributed by atoms with Gasteiger partial charge < -0.3 is 16.0 Å². The Balaban J connectivity index is 2.01. The number of hydrogen-bond donors (Lipinski definition) is 3. The van der Waals surface area contributed by atoms with E-state index in [0.29, 0.717) is 12.1 Å². The molecule has 3 N–H and O–H groups in total. The molecule has 166 valence electrons. The predicted octanol–water partition coefficient (Wildman–Crippen LogP) is 5.19. The van der Waals surface area contributed by atoms with Crippen LogP contribution in [0.5, 0.6) is 0 Å². The van der Waals surface area contributed by atoms with Crippen LogP contribution in [0.1, 0.15) is 23.6 Å². The average molecular weight is 461 g/mol. The highest BCUT2D eigenvalue weighted by molar-refractivity contribution is 7.80. The molecule has 0 radical (unpaired) electrons. The average Bonchev–Trinajstić information content (AvgIpc) is 2.65. The van der Waals surface area contributed by atoms with Gasteiger partial charge in [0.15, 0.2) is 5.11 Å². The van der Waals surface area contributed by atoms with Crippen molar-refractivity contribution in [3.8, 4) is 0 Å². The number of rotatable bonds is 5. The minimum atomic E-state index is -4.97. The molecule has 1 atom stereocenters. The van der Waals surface area contributed by atoms with Gasteiger partial charge in [-0.15, -0.1) is 0 Å². The van der Waals surface area contributed by atoms with Crippen molar-refractivity contribution in [2.24, 2.45) is 0 Å². The summed E-state index contributed by atoms with van der Waals surface area (Å²) in [5, 5.41) is 7.09. The molecule has 31 heavy (non-hydrogen) atoms. The van der Waals surface area contributed by atoms with Gasteiger partial charge >= 0.3 is 12.4 Å². The maximum atomic E-state index is 12.9. The second-order valence-electron chi connectivity index (χ2n) is 6.37. The molecule has 0 aliphatic rings. The Kier molecular flexibility index (Phi) is 7.66. The van der Waals surface area contributed by atoms with Crippen LogP contribution in [0.15, 0.2) is 54.6 Å². The maximum absolute atomic E-state index is 12.9. The third-order valence-corrected chi connectivity index (χ3v) is 4.00. The lowest BCUT2D eigenvalue weighted by Crippen LogP contribution is -2.46. The van der Waals surface area contributed by atoms with Crippen molar-refractivity contribution in [2.45, 2.75) is 25.4 Å². The maximum Gasteiger partial charge on any atom is 0.416 e. The first-order chi connectivity index (χ1) is 14.3. The van der Waals surface area contributed by atoms with Crippen LogP contribution in [0, 0.1) is 0 Å². The van der Waals surface area contributed by atoms with Crippen molar-refractivity contribution < 1.29 is 31.1 Å². The number of anilines is 1. The molecule has 0 spiro atoms. The molecule has 4 nitrogen and oxygen atoms in total. The highest BCUT2D eigenvalue weighted by Gasteiger charge is 2.37. The topological polar surface area (TPSA) is 53.2 Å². The van der Waals surface area contributed by atoms with Gasteiger partial charge in [0.25, 0.3) is 0 Å². The highest BCUT2D eigenvalue weighted by atomic mass is 32.1. The lowest BCUT2D eigenvalue weighted by atomic mass is 10.1. The number of thiocarbonyl (C=S) groups is 1. The van der Waals surface area contributed by atoms with E-state index in [1.165, 1.54) is 13.0 Å². The zero-order valence-corrected chi connectivity index (χ0v) is 16.8. The van der Waals surface area contributed by atoms with Crippen molar-refractivity contribution in [1.29, 1.82) is 0 Å². The van der Waals surface area contributed by atoms with Crippen molar-refractivity contribution >= 4 is 35.0 Å². The summed E-state index contributed by atoms with van der Waals surface area (Å²) in [6, 6.07) is 10.0. The van der Waals surface area contributed by atoms with E-state index in [0.717, 1.165) is 5.56 Å². The first-order valence-electron chi connectivity index (χ1n) is 8.75. The number of alkyl halides is 6. The second-order valence-corrected chi connectivity index (χ2v) is 6.78. The van der Waals surface area contributed by atoms with E-state index in [2.05, 4.69) is 16.0 Å². The first kappa shape index (κ1) is 24.2. The SMILES string of the molecule is CC(NC(=O)/C=C/c1ccccc1)NC(=S)Nc1cc(C(F)(F)F)cc(C(F)(F)F)c1. The van der Waals surface area contributed by atoms with E-state index in [1.54, 1.807) is 30.3 Å². The van der Waals surface area contributed by atoms with Gasteiger partial charge in [0.2, 0.25) is 5.91 Å². The van der Waals surface area contributed by atoms with E-state index in [-0.39, 0.29) is 11.2 Å². The smallest absolute Gasteiger partial charge is 0.343 e. The Morgan fingerprint density at radius 3 is 2.00 bits per heavy atom. The third-order valence-electron chi connectivity index (χ3n) is 3.78. The molecule has 2 aromatic carbocycles. The van der Waals surface area contributed by atoms with Gasteiger partial charge in [0, 0.05) is 11.8 Å². The molecule has 2 aromatic rings. The molecule has 1 unspecified atom stereocenters. The summed E-state index contributed by atoms with van der Waals surface area (Å²) in [5.74, 6) is -0.481. The summed E-state index contributed by atoms with van der Waals surface area (Å²) in [6.07, 6.45) is -7.87. The summed E-state index contributed by atoms with van der Waals surface area (Å²) in [4.78, 5) is 11.9. The largest absolute Gasteiger partial charge is 0.416 e. The number of carbonyl (C=O) groups is 1. The Bertz CT molecular complexity index is 925. The Morgan fingerprint density at radius 1 is 0.935 bits per heavy atom. The van der Waals surface area contributed by atoms with Crippen LogP contribution < -0.4 is 16.0 Å². The molecule has 0 saturated carbocycles. The number of nitrogens with one attached hydrogen (secondary N) is 3. The van der Waals surface area contributed by atoms with Crippen LogP contribution in [-0.4, -0.2) is 17.2 Å². The molecular formula is C20H17F6N3OS. The molecule has 0 saturated heterocycles. The Morgan fingerprint density at radius 2 is 1.48 bits per heavy atom. The van der Waals surface area contributed by atoms with Gasteiger partial charge in [-0.2, -0.15) is 26.3 Å². The molecule has 11 heteroatoms. The van der Waals surface area contributed by atoms with E-state index >= 15 is 0 Å². The number of carbonyl (C=O) groups excluding carboxylic acids is 1. The summed E-state index contributed by atoms with van der Waals surface area (Å²) in [7, 11) is 0. The molecule has 2 rings (SSSR count). The van der Waals surface area contributed by atoms with Crippen LogP contribution >= 0.6 is 12.2 Å². The van der Waals surface area contributed by atoms with Crippen LogP contribution in [0.25, 0.3) is 6.08 Å². The zero-order chi connectivity index (χ0) is 23.2. The standard InChI is InChI=1S/C20H17F6N3OS/c1-12(27-17(30)8-7-13-5-3-2-4-6-13)28-18(31)29-16-10-14(19(21,22)23)9-15(11-16)20(24,25)26/h2-12H,1H3,(H,27,30)(H2,28,29,31)/b8-7+. The van der Waals surface area contributed by atoms with E-state index in [1.807, 2.05) is 6.07 Å². The summed E-state index contributed by atoms with van der Waals surface area (Å²) in [6.45, 7) is 1.50. The van der Waals surface area contributed by atoms with Crippen LogP contribution in [0.2, 0.25) is 0 Å². The minimum Gasteiger partial charge on any atom is -0.343 e. The zero-order valence-electron chi connectivity index (χ0n) is 15.9. The molecular weight excluding hydrogens is 444 g/mol. The summed E-state index contributed by atoms with van der Waals surface area (Å²) < 4.78 is 77.5. The normalized spacial score (nSPS) is 13.0. The monoisotopic (exact) mass is 461 g/mol. The number of amides is 1. The number of hydrogen-bond acceptors (Lipinski definition) is 2. The van der Waals surface area contributed by atoms with Crippen molar-refractivity contribution in [2.75, 3.05) is 5.32 Å². The predicted molar refractivity (Wildman–Crippen MR) is 109 cm³/mol. The van der Waals surface area contributed by atoms with Crippen molar-refractivity contribution in [3.63, 3.8) is 0 Å². The first-order valence-corrected chi connectivity index (χ1v) is 9.16.